The van der Waals surface area contributed by atoms with E-state index in [1.54, 1.807) is 0 Å². The van der Waals surface area contributed by atoms with Crippen LogP contribution in [0.5, 0.6) is 0 Å². The van der Waals surface area contributed by atoms with Crippen LogP contribution in [0.3, 0.4) is 0 Å². The summed E-state index contributed by atoms with van der Waals surface area (Å²) in [5, 5.41) is 0. The van der Waals surface area contributed by atoms with Crippen molar-refractivity contribution in [2.45, 2.75) is 0 Å². The van der Waals surface area contributed by atoms with E-state index in [4.69, 9.17) is 9.47 Å². The summed E-state index contributed by atoms with van der Waals surface area (Å²) in [4.78, 5) is 23.8. The number of rotatable bonds is 2. The van der Waals surface area contributed by atoms with Crippen LogP contribution in [0.4, 0.5) is 0 Å². The summed E-state index contributed by atoms with van der Waals surface area (Å²) < 4.78 is 9.62. The van der Waals surface area contributed by atoms with Gasteiger partial charge in [0.25, 0.3) is 0 Å². The quantitative estimate of drug-likeness (QED) is 0.543. The number of carbonyl (C=O) groups excluding carboxylic acids is 2. The van der Waals surface area contributed by atoms with E-state index in [0.717, 1.165) is 0 Å². The molecule has 0 aromatic heterocycles. The third kappa shape index (κ3) is 1.26. The van der Waals surface area contributed by atoms with Gasteiger partial charge in [-0.2, -0.15) is 0 Å². The van der Waals surface area contributed by atoms with Gasteiger partial charge in [-0.15, -0.1) is 0 Å². The molecule has 0 fully saturated rings. The van der Waals surface area contributed by atoms with Gasteiger partial charge in [-0.1, -0.05) is 24.3 Å². The van der Waals surface area contributed by atoms with Crippen LogP contribution in [-0.4, -0.2) is 26.2 Å². The predicted molar refractivity (Wildman–Crippen MR) is 63.3 cm³/mol. The van der Waals surface area contributed by atoms with Crippen LogP contribution in [-0.2, 0) is 19.1 Å². The molecule has 4 atom stereocenters. The molecule has 4 heteroatoms. The highest BCUT2D eigenvalue weighted by molar-refractivity contribution is 6.02. The second kappa shape index (κ2) is 3.83. The molecule has 0 spiro atoms. The summed E-state index contributed by atoms with van der Waals surface area (Å²) in [7, 11) is 2.68. The molecular formula is C14H14O4. The molecular weight excluding hydrogens is 232 g/mol. The van der Waals surface area contributed by atoms with Crippen LogP contribution >= 0.6 is 0 Å². The smallest absolute Gasteiger partial charge is 0.334 e. The summed E-state index contributed by atoms with van der Waals surface area (Å²) in [6.45, 7) is 0. The van der Waals surface area contributed by atoms with E-state index < -0.39 is 11.9 Å². The molecule has 0 radical (unpaired) electrons. The van der Waals surface area contributed by atoms with Crippen molar-refractivity contribution in [3.63, 3.8) is 0 Å². The summed E-state index contributed by atoms with van der Waals surface area (Å²) in [5.74, 6) is -0.301. The number of allylic oxidation sites excluding steroid dienone is 4. The van der Waals surface area contributed by atoms with Gasteiger partial charge in [-0.25, -0.2) is 9.59 Å². The Hall–Kier alpha value is -1.84. The number of hydrogen-bond donors (Lipinski definition) is 0. The van der Waals surface area contributed by atoms with Crippen LogP contribution in [0.15, 0.2) is 35.5 Å². The van der Waals surface area contributed by atoms with Gasteiger partial charge < -0.3 is 9.47 Å². The zero-order chi connectivity index (χ0) is 12.9. The normalized spacial score (nSPS) is 35.0. The van der Waals surface area contributed by atoms with Crippen molar-refractivity contribution in [1.82, 2.24) is 0 Å². The largest absolute Gasteiger partial charge is 0.466 e. The average Bonchev–Trinajstić information content (AvgIpc) is 2.35. The van der Waals surface area contributed by atoms with Gasteiger partial charge in [-0.3, -0.25) is 0 Å². The lowest BCUT2D eigenvalue weighted by Crippen LogP contribution is -2.45. The molecule has 4 rings (SSSR count). The third-order valence-corrected chi connectivity index (χ3v) is 4.12. The topological polar surface area (TPSA) is 52.6 Å². The first-order valence-corrected chi connectivity index (χ1v) is 5.96. The number of esters is 2. The molecule has 18 heavy (non-hydrogen) atoms. The first-order valence-electron chi connectivity index (χ1n) is 5.96. The lowest BCUT2D eigenvalue weighted by atomic mass is 9.55. The molecule has 4 nitrogen and oxygen atoms in total. The highest BCUT2D eigenvalue weighted by Gasteiger charge is 2.50. The van der Waals surface area contributed by atoms with Crippen molar-refractivity contribution in [2.24, 2.45) is 23.7 Å². The van der Waals surface area contributed by atoms with E-state index in [1.165, 1.54) is 14.2 Å². The van der Waals surface area contributed by atoms with E-state index in [2.05, 4.69) is 12.2 Å². The van der Waals surface area contributed by atoms with Crippen LogP contribution in [0.1, 0.15) is 0 Å². The molecule has 0 heterocycles. The summed E-state index contributed by atoms with van der Waals surface area (Å²) >= 11 is 0. The molecule has 4 aliphatic carbocycles. The molecule has 94 valence electrons. The van der Waals surface area contributed by atoms with Crippen molar-refractivity contribution >= 4 is 11.9 Å². The maximum Gasteiger partial charge on any atom is 0.334 e. The number of carbonyl (C=O) groups is 2. The SMILES string of the molecule is COC(=O)C1=C(C(=O)OC)[C@@H]2C=C[C@H]1[C@H]1C=C[C@H]12. The first kappa shape index (κ1) is 11.3. The number of ether oxygens (including phenoxy) is 2. The Kier molecular flexibility index (Phi) is 2.40. The molecule has 0 amide bonds. The van der Waals surface area contributed by atoms with E-state index in [1.807, 2.05) is 12.2 Å². The lowest BCUT2D eigenvalue weighted by molar-refractivity contribution is -0.141. The molecule has 0 aliphatic heterocycles. The van der Waals surface area contributed by atoms with Crippen molar-refractivity contribution in [2.75, 3.05) is 14.2 Å². The second-order valence-corrected chi connectivity index (χ2v) is 4.79. The predicted octanol–water partition coefficient (Wildman–Crippen LogP) is 1.25. The van der Waals surface area contributed by atoms with Gasteiger partial charge in [0.15, 0.2) is 0 Å². The van der Waals surface area contributed by atoms with E-state index >= 15 is 0 Å². The average molecular weight is 246 g/mol. The second-order valence-electron chi connectivity index (χ2n) is 4.79. The van der Waals surface area contributed by atoms with Gasteiger partial charge in [0.1, 0.15) is 0 Å². The Morgan fingerprint density at radius 1 is 0.833 bits per heavy atom. The van der Waals surface area contributed by atoms with Gasteiger partial charge in [0.05, 0.1) is 25.4 Å². The van der Waals surface area contributed by atoms with E-state index in [-0.39, 0.29) is 11.8 Å². The van der Waals surface area contributed by atoms with Gasteiger partial charge in [0.2, 0.25) is 0 Å². The maximum absolute atomic E-state index is 11.9. The summed E-state index contributed by atoms with van der Waals surface area (Å²) in [5.41, 5.74) is 0.949. The standard InChI is InChI=1S/C14H14O4/c1-17-13(15)11-9-5-6-10(8-4-3-7(8)9)12(11)14(16)18-2/h3-10H,1-2H3/t7-,8+,9-,10+. The Bertz CT molecular complexity index is 468. The molecule has 0 aromatic carbocycles. The van der Waals surface area contributed by atoms with Crippen LogP contribution in [0.25, 0.3) is 0 Å². The molecule has 0 saturated heterocycles. The molecule has 0 unspecified atom stereocenters. The minimum atomic E-state index is -0.423. The molecule has 0 saturated carbocycles. The van der Waals surface area contributed by atoms with Gasteiger partial charge in [-0.05, 0) is 11.8 Å². The third-order valence-electron chi connectivity index (χ3n) is 4.12. The van der Waals surface area contributed by atoms with Gasteiger partial charge in [0, 0.05) is 11.8 Å². The van der Waals surface area contributed by atoms with Crippen LogP contribution in [0, 0.1) is 23.7 Å². The highest BCUT2D eigenvalue weighted by atomic mass is 16.5. The van der Waals surface area contributed by atoms with Crippen LogP contribution in [0.2, 0.25) is 0 Å². The van der Waals surface area contributed by atoms with E-state index in [9.17, 15) is 9.59 Å². The summed E-state index contributed by atoms with van der Waals surface area (Å²) in [6, 6.07) is 0. The molecule has 0 aromatic rings. The molecule has 2 bridgehead atoms. The highest BCUT2D eigenvalue weighted by Crippen LogP contribution is 2.53. The van der Waals surface area contributed by atoms with Crippen LogP contribution < -0.4 is 0 Å². The first-order chi connectivity index (χ1) is 8.69. The van der Waals surface area contributed by atoms with Gasteiger partial charge >= 0.3 is 11.9 Å². The molecule has 0 N–H and O–H groups in total. The zero-order valence-corrected chi connectivity index (χ0v) is 10.3. The van der Waals surface area contributed by atoms with E-state index in [0.29, 0.717) is 23.0 Å². The lowest BCUT2D eigenvalue weighted by Gasteiger charge is -2.47. The fourth-order valence-electron chi connectivity index (χ4n) is 3.23. The summed E-state index contributed by atoms with van der Waals surface area (Å²) in [6.07, 6.45) is 8.22. The van der Waals surface area contributed by atoms with Crippen molar-refractivity contribution in [1.29, 1.82) is 0 Å². The minimum absolute atomic E-state index is 0.0495. The fourth-order valence-corrected chi connectivity index (χ4v) is 3.23. The Morgan fingerprint density at radius 3 is 1.50 bits per heavy atom. The fraction of sp³-hybridized carbons (Fsp3) is 0.429. The maximum atomic E-state index is 11.9. The zero-order valence-electron chi connectivity index (χ0n) is 10.3. The Morgan fingerprint density at radius 2 is 1.22 bits per heavy atom. The van der Waals surface area contributed by atoms with Crippen molar-refractivity contribution < 1.29 is 19.1 Å². The molecule has 4 aliphatic rings. The minimum Gasteiger partial charge on any atom is -0.466 e. The number of methoxy groups -OCH3 is 2. The monoisotopic (exact) mass is 246 g/mol. The Balaban J connectivity index is 2.11. The Labute approximate surface area is 105 Å². The van der Waals surface area contributed by atoms with Crippen molar-refractivity contribution in [3.8, 4) is 0 Å². The number of hydrogen-bond acceptors (Lipinski definition) is 4. The van der Waals surface area contributed by atoms with Crippen molar-refractivity contribution in [3.05, 3.63) is 35.5 Å².